The summed E-state index contributed by atoms with van der Waals surface area (Å²) in [4.78, 5) is 5.00. The molecule has 0 unspecified atom stereocenters. The van der Waals surface area contributed by atoms with E-state index in [9.17, 15) is 0 Å². The van der Waals surface area contributed by atoms with Crippen molar-refractivity contribution in [1.29, 1.82) is 0 Å². The summed E-state index contributed by atoms with van der Waals surface area (Å²) in [5.74, 6) is 0. The first-order chi connectivity index (χ1) is 9.83. The van der Waals surface area contributed by atoms with Crippen LogP contribution in [0.1, 0.15) is 17.5 Å². The Labute approximate surface area is 122 Å². The van der Waals surface area contributed by atoms with Crippen LogP contribution < -0.4 is 5.32 Å². The van der Waals surface area contributed by atoms with Crippen LogP contribution in [0.3, 0.4) is 0 Å². The SMILES string of the molecule is CN1CCN(Cc2ccccc2C2=CCNCC2)CC1. The van der Waals surface area contributed by atoms with Gasteiger partial charge in [0.2, 0.25) is 0 Å². The quantitative estimate of drug-likeness (QED) is 0.904. The number of rotatable bonds is 3. The number of benzene rings is 1. The molecule has 2 aliphatic rings. The monoisotopic (exact) mass is 271 g/mol. The lowest BCUT2D eigenvalue weighted by Gasteiger charge is -2.33. The average molecular weight is 271 g/mol. The van der Waals surface area contributed by atoms with Gasteiger partial charge in [0.25, 0.3) is 0 Å². The number of hydrogen-bond donors (Lipinski definition) is 1. The fraction of sp³-hybridized carbons (Fsp3) is 0.529. The smallest absolute Gasteiger partial charge is 0.0240 e. The van der Waals surface area contributed by atoms with E-state index in [1.54, 1.807) is 0 Å². The maximum Gasteiger partial charge on any atom is 0.0240 e. The van der Waals surface area contributed by atoms with Crippen LogP contribution in [0.4, 0.5) is 0 Å². The summed E-state index contributed by atoms with van der Waals surface area (Å²) in [6, 6.07) is 8.95. The van der Waals surface area contributed by atoms with Gasteiger partial charge in [-0.15, -0.1) is 0 Å². The Bertz CT molecular complexity index is 473. The third-order valence-corrected chi connectivity index (χ3v) is 4.42. The molecule has 3 heteroatoms. The summed E-state index contributed by atoms with van der Waals surface area (Å²) in [6.07, 6.45) is 3.51. The highest BCUT2D eigenvalue weighted by Crippen LogP contribution is 2.24. The van der Waals surface area contributed by atoms with Crippen molar-refractivity contribution in [3.8, 4) is 0 Å². The first-order valence-corrected chi connectivity index (χ1v) is 7.72. The predicted octanol–water partition coefficient (Wildman–Crippen LogP) is 1.81. The van der Waals surface area contributed by atoms with E-state index in [0.29, 0.717) is 0 Å². The van der Waals surface area contributed by atoms with Gasteiger partial charge in [0.05, 0.1) is 0 Å². The molecule has 1 saturated heterocycles. The van der Waals surface area contributed by atoms with Gasteiger partial charge in [-0.3, -0.25) is 4.90 Å². The van der Waals surface area contributed by atoms with Gasteiger partial charge >= 0.3 is 0 Å². The maximum absolute atomic E-state index is 3.40. The Hall–Kier alpha value is -1.16. The molecule has 1 N–H and O–H groups in total. The van der Waals surface area contributed by atoms with E-state index in [0.717, 1.165) is 26.1 Å². The molecule has 0 aliphatic carbocycles. The second kappa shape index (κ2) is 6.53. The second-order valence-electron chi connectivity index (χ2n) is 5.92. The second-order valence-corrected chi connectivity index (χ2v) is 5.92. The number of likely N-dealkylation sites (N-methyl/N-ethyl adjacent to an activating group) is 1. The molecule has 1 aromatic carbocycles. The predicted molar refractivity (Wildman–Crippen MR) is 84.7 cm³/mol. The Kier molecular flexibility index (Phi) is 4.51. The summed E-state index contributed by atoms with van der Waals surface area (Å²) in [5.41, 5.74) is 4.48. The van der Waals surface area contributed by atoms with E-state index in [-0.39, 0.29) is 0 Å². The van der Waals surface area contributed by atoms with Gasteiger partial charge in [0.1, 0.15) is 0 Å². The summed E-state index contributed by atoms with van der Waals surface area (Å²) in [5, 5.41) is 3.40. The van der Waals surface area contributed by atoms with Crippen LogP contribution in [-0.2, 0) is 6.54 Å². The van der Waals surface area contributed by atoms with Gasteiger partial charge in [-0.25, -0.2) is 0 Å². The van der Waals surface area contributed by atoms with E-state index in [1.807, 2.05) is 0 Å². The van der Waals surface area contributed by atoms with Crippen molar-refractivity contribution in [1.82, 2.24) is 15.1 Å². The zero-order valence-corrected chi connectivity index (χ0v) is 12.4. The molecule has 1 fully saturated rings. The van der Waals surface area contributed by atoms with E-state index < -0.39 is 0 Å². The number of piperazine rings is 1. The van der Waals surface area contributed by atoms with Gasteiger partial charge in [-0.1, -0.05) is 30.3 Å². The normalized spacial score (nSPS) is 21.8. The van der Waals surface area contributed by atoms with Crippen LogP contribution in [0.5, 0.6) is 0 Å². The summed E-state index contributed by atoms with van der Waals surface area (Å²) in [6.45, 7) is 7.96. The van der Waals surface area contributed by atoms with Crippen molar-refractivity contribution >= 4 is 5.57 Å². The first-order valence-electron chi connectivity index (χ1n) is 7.72. The summed E-state index contributed by atoms with van der Waals surface area (Å²) in [7, 11) is 2.21. The number of hydrogen-bond acceptors (Lipinski definition) is 3. The molecule has 0 bridgehead atoms. The Morgan fingerprint density at radius 1 is 1.10 bits per heavy atom. The fourth-order valence-electron chi connectivity index (χ4n) is 3.09. The molecular weight excluding hydrogens is 246 g/mol. The summed E-state index contributed by atoms with van der Waals surface area (Å²) < 4.78 is 0. The maximum atomic E-state index is 3.40. The molecule has 2 heterocycles. The zero-order valence-electron chi connectivity index (χ0n) is 12.4. The molecule has 0 aromatic heterocycles. The lowest BCUT2D eigenvalue weighted by Crippen LogP contribution is -2.44. The molecule has 0 atom stereocenters. The number of nitrogens with zero attached hydrogens (tertiary/aromatic N) is 2. The van der Waals surface area contributed by atoms with Gasteiger partial charge < -0.3 is 10.2 Å². The van der Waals surface area contributed by atoms with Gasteiger partial charge in [0.15, 0.2) is 0 Å². The standard InChI is InChI=1S/C17H25N3/c1-19-10-12-20(13-11-19)14-16-4-2-3-5-17(16)15-6-8-18-9-7-15/h2-6,18H,7-14H2,1H3. The highest BCUT2D eigenvalue weighted by atomic mass is 15.2. The minimum Gasteiger partial charge on any atom is -0.313 e. The molecule has 1 aromatic rings. The average Bonchev–Trinajstić information content (AvgIpc) is 2.51. The minimum atomic E-state index is 1.01. The van der Waals surface area contributed by atoms with E-state index in [1.165, 1.54) is 42.9 Å². The Morgan fingerprint density at radius 3 is 2.65 bits per heavy atom. The van der Waals surface area contributed by atoms with E-state index >= 15 is 0 Å². The molecule has 20 heavy (non-hydrogen) atoms. The molecule has 2 aliphatic heterocycles. The fourth-order valence-corrected chi connectivity index (χ4v) is 3.09. The van der Waals surface area contributed by atoms with Gasteiger partial charge in [0, 0.05) is 39.3 Å². The van der Waals surface area contributed by atoms with Crippen molar-refractivity contribution < 1.29 is 0 Å². The topological polar surface area (TPSA) is 18.5 Å². The van der Waals surface area contributed by atoms with E-state index in [2.05, 4.69) is 52.5 Å². The Balaban J connectivity index is 1.74. The van der Waals surface area contributed by atoms with Gasteiger partial charge in [-0.05, 0) is 36.7 Å². The lowest BCUT2D eigenvalue weighted by molar-refractivity contribution is 0.148. The zero-order chi connectivity index (χ0) is 13.8. The van der Waals surface area contributed by atoms with Crippen LogP contribution in [0.15, 0.2) is 30.3 Å². The number of nitrogens with one attached hydrogen (secondary N) is 1. The van der Waals surface area contributed by atoms with Crippen LogP contribution >= 0.6 is 0 Å². The molecule has 0 saturated carbocycles. The van der Waals surface area contributed by atoms with Crippen molar-refractivity contribution in [2.75, 3.05) is 46.3 Å². The minimum absolute atomic E-state index is 1.01. The largest absolute Gasteiger partial charge is 0.313 e. The van der Waals surface area contributed by atoms with Crippen LogP contribution in [0, 0.1) is 0 Å². The highest BCUT2D eigenvalue weighted by molar-refractivity contribution is 5.69. The van der Waals surface area contributed by atoms with Crippen molar-refractivity contribution in [2.24, 2.45) is 0 Å². The molecule has 3 nitrogen and oxygen atoms in total. The molecule has 108 valence electrons. The van der Waals surface area contributed by atoms with Crippen LogP contribution in [-0.4, -0.2) is 56.1 Å². The van der Waals surface area contributed by atoms with Gasteiger partial charge in [-0.2, -0.15) is 0 Å². The van der Waals surface area contributed by atoms with Crippen molar-refractivity contribution in [3.05, 3.63) is 41.5 Å². The third-order valence-electron chi connectivity index (χ3n) is 4.42. The first kappa shape index (κ1) is 13.8. The molecule has 0 spiro atoms. The van der Waals surface area contributed by atoms with E-state index in [4.69, 9.17) is 0 Å². The van der Waals surface area contributed by atoms with Crippen molar-refractivity contribution in [2.45, 2.75) is 13.0 Å². The molecule has 0 amide bonds. The molecular formula is C17H25N3. The lowest BCUT2D eigenvalue weighted by atomic mass is 9.95. The van der Waals surface area contributed by atoms with Crippen LogP contribution in [0.2, 0.25) is 0 Å². The molecule has 3 rings (SSSR count). The molecule has 0 radical (unpaired) electrons. The Morgan fingerprint density at radius 2 is 1.90 bits per heavy atom. The highest BCUT2D eigenvalue weighted by Gasteiger charge is 2.16. The third kappa shape index (κ3) is 3.29. The summed E-state index contributed by atoms with van der Waals surface area (Å²) >= 11 is 0. The van der Waals surface area contributed by atoms with Crippen LogP contribution in [0.25, 0.3) is 5.57 Å². The van der Waals surface area contributed by atoms with Crippen molar-refractivity contribution in [3.63, 3.8) is 0 Å².